The van der Waals surface area contributed by atoms with Crippen LogP contribution in [0.15, 0.2) is 18.2 Å². The van der Waals surface area contributed by atoms with Crippen molar-refractivity contribution in [1.29, 1.82) is 0 Å². The van der Waals surface area contributed by atoms with Gasteiger partial charge >= 0.3 is 21.4 Å². The first-order chi connectivity index (χ1) is 16.7. The van der Waals surface area contributed by atoms with E-state index >= 15 is 0 Å². The first-order valence-corrected chi connectivity index (χ1v) is 13.3. The molecule has 4 heterocycles. The number of hydrogen-bond donors (Lipinski definition) is 0. The van der Waals surface area contributed by atoms with Gasteiger partial charge in [0.05, 0.1) is 45.8 Å². The summed E-state index contributed by atoms with van der Waals surface area (Å²) in [6, 6.07) is 5.70. The number of ether oxygens (including phenoxy) is 1. The molecule has 0 amide bonds. The minimum absolute atomic E-state index is 0.342. The van der Waals surface area contributed by atoms with Crippen molar-refractivity contribution in [2.45, 2.75) is 128 Å². The molecule has 3 aliphatic rings. The van der Waals surface area contributed by atoms with Crippen LogP contribution < -0.4 is 4.74 Å². The molecule has 3 saturated heterocycles. The first-order valence-electron chi connectivity index (χ1n) is 13.3. The molecule has 0 saturated carbocycles. The Balaban J connectivity index is 1.93. The summed E-state index contributed by atoms with van der Waals surface area (Å²) in [5, 5.41) is -1.08. The Morgan fingerprint density at radius 2 is 0.946 bits per heavy atom. The van der Waals surface area contributed by atoms with Gasteiger partial charge in [-0.1, -0.05) is 6.07 Å². The van der Waals surface area contributed by atoms with E-state index in [1.807, 2.05) is 101 Å². The fourth-order valence-electron chi connectivity index (χ4n) is 4.75. The molecular formula is C26H44B3NO7. The Kier molecular flexibility index (Phi) is 6.80. The summed E-state index contributed by atoms with van der Waals surface area (Å²) in [7, 11) is -0.740. The average Bonchev–Trinajstić information content (AvgIpc) is 3.20. The Morgan fingerprint density at radius 3 is 1.24 bits per heavy atom. The maximum absolute atomic E-state index is 6.75. The molecule has 0 spiro atoms. The molecule has 0 aromatic carbocycles. The lowest BCUT2D eigenvalue weighted by Gasteiger charge is -2.38. The molecule has 3 aliphatic heterocycles. The number of methoxy groups -OCH3 is 1. The van der Waals surface area contributed by atoms with Crippen molar-refractivity contribution in [3.05, 3.63) is 23.9 Å². The standard InChI is InChI=1S/C26H44B3NO7/c1-20(2)21(3,4)33-27(32-20)26(17-18-15-14-16-19(30-18)31-13,28-34-22(5,6)23(7,8)35-28)29-36-24(9,10)25(11,12)37-29/h14-16H,17H2,1-13H3. The fourth-order valence-corrected chi connectivity index (χ4v) is 4.75. The van der Waals surface area contributed by atoms with E-state index in [9.17, 15) is 0 Å². The van der Waals surface area contributed by atoms with Crippen LogP contribution in [0, 0.1) is 0 Å². The van der Waals surface area contributed by atoms with Gasteiger partial charge in [-0.15, -0.1) is 0 Å². The highest BCUT2D eigenvalue weighted by molar-refractivity contribution is 6.89. The van der Waals surface area contributed by atoms with E-state index in [2.05, 4.69) is 0 Å². The Bertz CT molecular complexity index is 891. The van der Waals surface area contributed by atoms with Crippen molar-refractivity contribution in [2.75, 3.05) is 7.11 Å². The molecule has 0 bridgehead atoms. The van der Waals surface area contributed by atoms with Crippen LogP contribution in [0.4, 0.5) is 0 Å². The van der Waals surface area contributed by atoms with Crippen LogP contribution in [0.2, 0.25) is 5.11 Å². The van der Waals surface area contributed by atoms with E-state index in [0.717, 1.165) is 5.69 Å². The first kappa shape index (κ1) is 28.9. The van der Waals surface area contributed by atoms with Crippen LogP contribution in [-0.4, -0.2) is 67.1 Å². The van der Waals surface area contributed by atoms with Crippen LogP contribution in [0.3, 0.4) is 0 Å². The van der Waals surface area contributed by atoms with E-state index in [0.29, 0.717) is 12.3 Å². The van der Waals surface area contributed by atoms with Gasteiger partial charge in [-0.3, -0.25) is 0 Å². The lowest BCUT2D eigenvalue weighted by Crippen LogP contribution is -2.60. The van der Waals surface area contributed by atoms with Gasteiger partial charge in [-0.05, 0) is 95.6 Å². The molecule has 0 aliphatic carbocycles. The van der Waals surface area contributed by atoms with Gasteiger partial charge in [0.25, 0.3) is 0 Å². The van der Waals surface area contributed by atoms with E-state index in [4.69, 9.17) is 37.6 Å². The Labute approximate surface area is 224 Å². The SMILES string of the molecule is COc1cccc(CC(B2OC(C)(C)C(C)(C)O2)(B2OC(C)(C)C(C)(C)O2)B2OC(C)(C)C(C)(C)O2)n1. The Hall–Kier alpha value is -1.10. The van der Waals surface area contributed by atoms with E-state index in [1.54, 1.807) is 7.11 Å². The summed E-state index contributed by atoms with van der Waals surface area (Å²) in [5.74, 6) is 0.517. The van der Waals surface area contributed by atoms with Gasteiger partial charge in [0.1, 0.15) is 0 Å². The second-order valence-corrected chi connectivity index (χ2v) is 13.7. The minimum Gasteiger partial charge on any atom is -0.481 e. The zero-order chi connectivity index (χ0) is 27.9. The third kappa shape index (κ3) is 4.57. The summed E-state index contributed by atoms with van der Waals surface area (Å²) in [4.78, 5) is 4.75. The van der Waals surface area contributed by atoms with Crippen molar-refractivity contribution < 1.29 is 32.7 Å². The summed E-state index contributed by atoms with van der Waals surface area (Å²) in [6.07, 6.45) is 0.342. The van der Waals surface area contributed by atoms with Gasteiger partial charge in [0, 0.05) is 11.8 Å². The predicted octanol–water partition coefficient (Wildman–Crippen LogP) is 4.73. The molecule has 3 fully saturated rings. The quantitative estimate of drug-likeness (QED) is 0.504. The molecule has 0 N–H and O–H groups in total. The predicted molar refractivity (Wildman–Crippen MR) is 145 cm³/mol. The molecule has 4 rings (SSSR count). The maximum atomic E-state index is 6.75. The molecule has 204 valence electrons. The minimum atomic E-state index is -1.08. The van der Waals surface area contributed by atoms with Crippen molar-refractivity contribution in [3.63, 3.8) is 0 Å². The van der Waals surface area contributed by atoms with Gasteiger partial charge < -0.3 is 32.7 Å². The van der Waals surface area contributed by atoms with Crippen LogP contribution in [0.25, 0.3) is 0 Å². The number of nitrogens with zero attached hydrogens (tertiary/aromatic N) is 1. The van der Waals surface area contributed by atoms with Gasteiger partial charge in [0.15, 0.2) is 0 Å². The number of aromatic nitrogens is 1. The van der Waals surface area contributed by atoms with Crippen molar-refractivity contribution in [3.8, 4) is 5.88 Å². The zero-order valence-corrected chi connectivity index (χ0v) is 25.0. The van der Waals surface area contributed by atoms with Crippen LogP contribution >= 0.6 is 0 Å². The normalized spacial score (nSPS) is 27.1. The van der Waals surface area contributed by atoms with Crippen molar-refractivity contribution >= 4 is 21.4 Å². The molecule has 1 aromatic rings. The molecule has 11 heteroatoms. The highest BCUT2D eigenvalue weighted by atomic mass is 16.7. The second kappa shape index (κ2) is 8.70. The molecule has 37 heavy (non-hydrogen) atoms. The molecule has 1 aromatic heterocycles. The summed E-state index contributed by atoms with van der Waals surface area (Å²) < 4.78 is 46.0. The lowest BCUT2D eigenvalue weighted by molar-refractivity contribution is 0.00578. The average molecular weight is 515 g/mol. The van der Waals surface area contributed by atoms with Crippen LogP contribution in [-0.2, 0) is 34.3 Å². The summed E-state index contributed by atoms with van der Waals surface area (Å²) >= 11 is 0. The topological polar surface area (TPSA) is 77.5 Å². The number of rotatable bonds is 6. The highest BCUT2D eigenvalue weighted by Crippen LogP contribution is 2.57. The van der Waals surface area contributed by atoms with Gasteiger partial charge in [-0.2, -0.15) is 0 Å². The van der Waals surface area contributed by atoms with E-state index in [1.165, 1.54) is 0 Å². The van der Waals surface area contributed by atoms with E-state index in [-0.39, 0.29) is 0 Å². The van der Waals surface area contributed by atoms with Gasteiger partial charge in [0.2, 0.25) is 5.88 Å². The molecule has 0 unspecified atom stereocenters. The second-order valence-electron chi connectivity index (χ2n) is 13.7. The molecule has 0 radical (unpaired) electrons. The van der Waals surface area contributed by atoms with Gasteiger partial charge in [-0.25, -0.2) is 4.98 Å². The van der Waals surface area contributed by atoms with E-state index < -0.39 is 60.1 Å². The smallest absolute Gasteiger partial charge is 0.460 e. The number of hydrogen-bond acceptors (Lipinski definition) is 8. The molecule has 8 nitrogen and oxygen atoms in total. The van der Waals surface area contributed by atoms with Crippen molar-refractivity contribution in [2.24, 2.45) is 0 Å². The van der Waals surface area contributed by atoms with Crippen LogP contribution in [0.1, 0.15) is 88.8 Å². The molecule has 0 atom stereocenters. The third-order valence-corrected chi connectivity index (χ3v) is 9.55. The monoisotopic (exact) mass is 515 g/mol. The Morgan fingerprint density at radius 1 is 0.622 bits per heavy atom. The lowest BCUT2D eigenvalue weighted by atomic mass is 9.23. The largest absolute Gasteiger partial charge is 0.481 e. The zero-order valence-electron chi connectivity index (χ0n) is 25.0. The maximum Gasteiger partial charge on any atom is 0.460 e. The molecular weight excluding hydrogens is 471 g/mol. The third-order valence-electron chi connectivity index (χ3n) is 9.55. The fraction of sp³-hybridized carbons (Fsp3) is 0.808. The summed E-state index contributed by atoms with van der Waals surface area (Å²) in [5.41, 5.74) is -2.83. The van der Waals surface area contributed by atoms with Crippen LogP contribution in [0.5, 0.6) is 5.88 Å². The summed E-state index contributed by atoms with van der Waals surface area (Å²) in [6.45, 7) is 24.5. The number of pyridine rings is 1. The highest BCUT2D eigenvalue weighted by Gasteiger charge is 2.77. The van der Waals surface area contributed by atoms with Crippen molar-refractivity contribution in [1.82, 2.24) is 4.98 Å².